The third-order valence-corrected chi connectivity index (χ3v) is 5.98. The molecule has 0 radical (unpaired) electrons. The molecule has 0 spiro atoms. The van der Waals surface area contributed by atoms with Gasteiger partial charge in [0.1, 0.15) is 6.04 Å². The van der Waals surface area contributed by atoms with Crippen molar-refractivity contribution in [2.24, 2.45) is 0 Å². The Labute approximate surface area is 139 Å². The van der Waals surface area contributed by atoms with Gasteiger partial charge >= 0.3 is 20.9 Å². The second-order valence-corrected chi connectivity index (χ2v) is 7.45. The molecule has 23 heavy (non-hydrogen) atoms. The molecule has 0 aliphatic carbocycles. The van der Waals surface area contributed by atoms with Crippen LogP contribution < -0.4 is 0 Å². The summed E-state index contributed by atoms with van der Waals surface area (Å²) >= 11 is 0. The number of hydrogen-bond acceptors (Lipinski definition) is 8. The van der Waals surface area contributed by atoms with Gasteiger partial charge in [-0.3, -0.25) is 9.59 Å². The monoisotopic (exact) mass is 351 g/mol. The molecule has 0 aromatic rings. The third kappa shape index (κ3) is 6.19. The van der Waals surface area contributed by atoms with Crippen molar-refractivity contribution in [3.05, 3.63) is 0 Å². The lowest BCUT2D eigenvalue weighted by Crippen LogP contribution is -2.65. The number of carbonyl (C=O) groups excluding carboxylic acids is 2. The Bertz CT molecular complexity index is 355. The summed E-state index contributed by atoms with van der Waals surface area (Å²) in [4.78, 5) is 24.3. The van der Waals surface area contributed by atoms with Crippen LogP contribution in [0.1, 0.15) is 33.6 Å². The Kier molecular flexibility index (Phi) is 11.0. The second kappa shape index (κ2) is 11.5. The van der Waals surface area contributed by atoms with E-state index >= 15 is 0 Å². The molecule has 0 N–H and O–H groups in total. The minimum atomic E-state index is -3.29. The van der Waals surface area contributed by atoms with Crippen LogP contribution in [-0.4, -0.2) is 72.6 Å². The molecule has 0 saturated carbocycles. The molecule has 0 aliphatic rings. The topological polar surface area (TPSA) is 83.5 Å². The lowest BCUT2D eigenvalue weighted by Gasteiger charge is -2.38. The van der Waals surface area contributed by atoms with Crippen molar-refractivity contribution in [1.82, 2.24) is 4.57 Å². The number of ether oxygens (including phenoxy) is 2. The van der Waals surface area contributed by atoms with Crippen molar-refractivity contribution in [3.8, 4) is 0 Å². The minimum absolute atomic E-state index is 0.155. The van der Waals surface area contributed by atoms with Gasteiger partial charge in [0.25, 0.3) is 0 Å². The van der Waals surface area contributed by atoms with Crippen LogP contribution in [0.25, 0.3) is 0 Å². The van der Waals surface area contributed by atoms with E-state index in [-0.39, 0.29) is 19.6 Å². The van der Waals surface area contributed by atoms with Gasteiger partial charge in [-0.05, 0) is 26.8 Å². The van der Waals surface area contributed by atoms with Gasteiger partial charge in [0.05, 0.1) is 19.6 Å². The van der Waals surface area contributed by atoms with E-state index in [0.29, 0.717) is 13.0 Å². The van der Waals surface area contributed by atoms with Gasteiger partial charge in [-0.2, -0.15) is 0 Å². The van der Waals surface area contributed by atoms with E-state index in [0.717, 1.165) is 0 Å². The standard InChI is InChI=1S/C14H29NO7Si/c1-7-10-15(23(18-4,19-5)20-6)12(14(17)22-9-3)11-13(16)21-8-2/h12H,7-11H2,1-6H3. The summed E-state index contributed by atoms with van der Waals surface area (Å²) in [6, 6.07) is -0.888. The quantitative estimate of drug-likeness (QED) is 0.380. The van der Waals surface area contributed by atoms with Crippen LogP contribution in [0.2, 0.25) is 0 Å². The van der Waals surface area contributed by atoms with Crippen molar-refractivity contribution in [1.29, 1.82) is 0 Å². The van der Waals surface area contributed by atoms with Crippen LogP contribution in [0.15, 0.2) is 0 Å². The van der Waals surface area contributed by atoms with Gasteiger partial charge in [0.15, 0.2) is 0 Å². The van der Waals surface area contributed by atoms with Gasteiger partial charge in [-0.15, -0.1) is 0 Å². The Morgan fingerprint density at radius 2 is 1.48 bits per heavy atom. The van der Waals surface area contributed by atoms with Crippen LogP contribution in [0.3, 0.4) is 0 Å². The number of rotatable bonds is 12. The number of nitrogens with zero attached hydrogens (tertiary/aromatic N) is 1. The third-order valence-electron chi connectivity index (χ3n) is 3.19. The molecule has 0 aromatic heterocycles. The fraction of sp³-hybridized carbons (Fsp3) is 0.857. The predicted octanol–water partition coefficient (Wildman–Crippen LogP) is 0.958. The molecule has 0 aromatic carbocycles. The summed E-state index contributed by atoms with van der Waals surface area (Å²) < 4.78 is 28.1. The Morgan fingerprint density at radius 1 is 0.957 bits per heavy atom. The van der Waals surface area contributed by atoms with Gasteiger partial charge < -0.3 is 22.8 Å². The smallest absolute Gasteiger partial charge is 0.466 e. The van der Waals surface area contributed by atoms with Crippen LogP contribution in [-0.2, 0) is 32.3 Å². The maximum Gasteiger partial charge on any atom is 0.599 e. The zero-order chi connectivity index (χ0) is 17.9. The van der Waals surface area contributed by atoms with E-state index in [1.165, 1.54) is 21.3 Å². The molecule has 0 fully saturated rings. The summed E-state index contributed by atoms with van der Waals surface area (Å²) in [5, 5.41) is 0. The second-order valence-electron chi connectivity index (χ2n) is 4.61. The summed E-state index contributed by atoms with van der Waals surface area (Å²) in [5.41, 5.74) is 0. The maximum absolute atomic E-state index is 12.4. The Hall–Kier alpha value is -1.00. The summed E-state index contributed by atoms with van der Waals surface area (Å²) in [5.74, 6) is -1.02. The zero-order valence-electron chi connectivity index (χ0n) is 14.9. The maximum atomic E-state index is 12.4. The van der Waals surface area contributed by atoms with E-state index < -0.39 is 26.9 Å². The molecule has 0 saturated heterocycles. The molecule has 0 bridgehead atoms. The van der Waals surface area contributed by atoms with Crippen LogP contribution in [0.5, 0.6) is 0 Å². The van der Waals surface area contributed by atoms with Crippen molar-refractivity contribution in [2.75, 3.05) is 41.1 Å². The predicted molar refractivity (Wildman–Crippen MR) is 85.4 cm³/mol. The minimum Gasteiger partial charge on any atom is -0.466 e. The first kappa shape index (κ1) is 22.0. The van der Waals surface area contributed by atoms with Crippen molar-refractivity contribution in [2.45, 2.75) is 39.7 Å². The zero-order valence-corrected chi connectivity index (χ0v) is 15.9. The van der Waals surface area contributed by atoms with Crippen LogP contribution in [0, 0.1) is 0 Å². The van der Waals surface area contributed by atoms with E-state index in [1.807, 2.05) is 6.92 Å². The molecule has 9 heteroatoms. The summed E-state index contributed by atoms with van der Waals surface area (Å²) in [6.07, 6.45) is 0.557. The van der Waals surface area contributed by atoms with Gasteiger partial charge in [0.2, 0.25) is 0 Å². The normalized spacial score (nSPS) is 13.0. The first-order chi connectivity index (χ1) is 11.0. The molecule has 1 atom stereocenters. The largest absolute Gasteiger partial charge is 0.599 e. The summed E-state index contributed by atoms with van der Waals surface area (Å²) in [6.45, 7) is 6.25. The molecule has 0 heterocycles. The van der Waals surface area contributed by atoms with Gasteiger partial charge in [0, 0.05) is 21.3 Å². The average Bonchev–Trinajstić information content (AvgIpc) is 2.54. The molecule has 8 nitrogen and oxygen atoms in total. The number of esters is 2. The highest BCUT2D eigenvalue weighted by molar-refractivity contribution is 6.57. The van der Waals surface area contributed by atoms with Crippen LogP contribution in [0.4, 0.5) is 0 Å². The van der Waals surface area contributed by atoms with E-state index in [2.05, 4.69) is 0 Å². The number of hydrogen-bond donors (Lipinski definition) is 0. The average molecular weight is 351 g/mol. The van der Waals surface area contributed by atoms with Crippen molar-refractivity contribution in [3.63, 3.8) is 0 Å². The van der Waals surface area contributed by atoms with Gasteiger partial charge in [-0.25, -0.2) is 4.57 Å². The van der Waals surface area contributed by atoms with E-state index in [1.54, 1.807) is 18.4 Å². The number of carbonyl (C=O) groups is 2. The highest BCUT2D eigenvalue weighted by Gasteiger charge is 2.52. The first-order valence-corrected chi connectivity index (χ1v) is 9.37. The summed E-state index contributed by atoms with van der Waals surface area (Å²) in [7, 11) is 1.07. The Morgan fingerprint density at radius 3 is 1.87 bits per heavy atom. The molecule has 0 rings (SSSR count). The molecular formula is C14H29NO7Si. The molecule has 1 unspecified atom stereocenters. The highest BCUT2D eigenvalue weighted by atomic mass is 28.4. The molecule has 0 aliphatic heterocycles. The van der Waals surface area contributed by atoms with E-state index in [4.69, 9.17) is 22.8 Å². The van der Waals surface area contributed by atoms with E-state index in [9.17, 15) is 9.59 Å². The fourth-order valence-electron chi connectivity index (χ4n) is 2.26. The first-order valence-electron chi connectivity index (χ1n) is 7.70. The Balaban J connectivity index is 5.61. The van der Waals surface area contributed by atoms with Gasteiger partial charge in [-0.1, -0.05) is 6.92 Å². The SMILES string of the molecule is CCCN(C(CC(=O)OCC)C(=O)OCC)[Si](OC)(OC)OC. The molecule has 0 amide bonds. The van der Waals surface area contributed by atoms with Crippen molar-refractivity contribution >= 4 is 20.9 Å². The molecular weight excluding hydrogens is 322 g/mol. The highest BCUT2D eigenvalue weighted by Crippen LogP contribution is 2.21. The lowest BCUT2D eigenvalue weighted by atomic mass is 10.2. The van der Waals surface area contributed by atoms with Crippen molar-refractivity contribution < 1.29 is 32.3 Å². The molecule has 136 valence electrons. The lowest BCUT2D eigenvalue weighted by molar-refractivity contribution is -0.156. The fourth-order valence-corrected chi connectivity index (χ4v) is 4.54. The van der Waals surface area contributed by atoms with Crippen LogP contribution >= 0.6 is 0 Å².